The molecule has 4 rings (SSSR count). The molecule has 27 heavy (non-hydrogen) atoms. The third-order valence-electron chi connectivity index (χ3n) is 4.42. The molecular weight excluding hydrogens is 350 g/mol. The smallest absolute Gasteiger partial charge is 0.272 e. The maximum Gasteiger partial charge on any atom is 0.272 e. The van der Waals surface area contributed by atoms with Crippen molar-refractivity contribution in [2.24, 2.45) is 0 Å². The Hall–Kier alpha value is -3.41. The summed E-state index contributed by atoms with van der Waals surface area (Å²) in [6.45, 7) is 1.96. The summed E-state index contributed by atoms with van der Waals surface area (Å²) in [5, 5.41) is 2.82. The van der Waals surface area contributed by atoms with Gasteiger partial charge in [-0.15, -0.1) is 0 Å². The van der Waals surface area contributed by atoms with Crippen molar-refractivity contribution in [1.82, 2.24) is 4.57 Å². The quantitative estimate of drug-likeness (QED) is 0.545. The zero-order valence-corrected chi connectivity index (χ0v) is 14.5. The van der Waals surface area contributed by atoms with E-state index >= 15 is 0 Å². The van der Waals surface area contributed by atoms with Crippen LogP contribution in [0.4, 0.5) is 14.5 Å². The van der Waals surface area contributed by atoms with Crippen LogP contribution >= 0.6 is 0 Å². The molecular formula is C21H16F2N2O2. The summed E-state index contributed by atoms with van der Waals surface area (Å²) >= 11 is 0. The van der Waals surface area contributed by atoms with Gasteiger partial charge in [0.25, 0.3) is 5.91 Å². The number of nitrogens with one attached hydrogen (secondary N) is 1. The van der Waals surface area contributed by atoms with Gasteiger partial charge in [-0.2, -0.15) is 0 Å². The van der Waals surface area contributed by atoms with Crippen molar-refractivity contribution in [1.29, 1.82) is 0 Å². The number of aromatic nitrogens is 1. The van der Waals surface area contributed by atoms with Crippen LogP contribution in [-0.4, -0.2) is 10.5 Å². The standard InChI is InChI=1S/C21H16F2N2O2/c1-13-5-7-15(8-6-13)24-21(26)18-11-19-17(9-10-27-19)25(18)12-14-3-2-4-16(22)20(14)23/h2-11H,12H2,1H3,(H,24,26). The molecule has 0 aliphatic rings. The minimum Gasteiger partial charge on any atom is -0.463 e. The summed E-state index contributed by atoms with van der Waals surface area (Å²) in [4.78, 5) is 12.8. The number of anilines is 1. The molecule has 4 aromatic rings. The van der Waals surface area contributed by atoms with Crippen LogP contribution in [0.5, 0.6) is 0 Å². The molecule has 0 saturated carbocycles. The number of hydrogen-bond acceptors (Lipinski definition) is 2. The van der Waals surface area contributed by atoms with Crippen molar-refractivity contribution < 1.29 is 18.0 Å². The van der Waals surface area contributed by atoms with Crippen LogP contribution < -0.4 is 5.32 Å². The average molecular weight is 366 g/mol. The van der Waals surface area contributed by atoms with Gasteiger partial charge in [-0.05, 0) is 25.1 Å². The van der Waals surface area contributed by atoms with E-state index in [-0.39, 0.29) is 18.0 Å². The molecule has 0 spiro atoms. The summed E-state index contributed by atoms with van der Waals surface area (Å²) < 4.78 is 34.7. The molecule has 0 fully saturated rings. The SMILES string of the molecule is Cc1ccc(NC(=O)c2cc3occc3n2Cc2cccc(F)c2F)cc1. The van der Waals surface area contributed by atoms with E-state index in [4.69, 9.17) is 4.42 Å². The van der Waals surface area contributed by atoms with Crippen LogP contribution in [0.3, 0.4) is 0 Å². The highest BCUT2D eigenvalue weighted by Crippen LogP contribution is 2.24. The van der Waals surface area contributed by atoms with Crippen molar-refractivity contribution in [3.8, 4) is 0 Å². The van der Waals surface area contributed by atoms with Gasteiger partial charge < -0.3 is 14.3 Å². The zero-order valence-electron chi connectivity index (χ0n) is 14.5. The van der Waals surface area contributed by atoms with Gasteiger partial charge in [0.2, 0.25) is 0 Å². The summed E-state index contributed by atoms with van der Waals surface area (Å²) in [5.74, 6) is -2.21. The molecule has 6 heteroatoms. The van der Waals surface area contributed by atoms with Gasteiger partial charge in [-0.3, -0.25) is 4.79 Å². The zero-order chi connectivity index (χ0) is 19.0. The van der Waals surface area contributed by atoms with Crippen molar-refractivity contribution in [3.05, 3.63) is 89.3 Å². The molecule has 0 bridgehead atoms. The lowest BCUT2D eigenvalue weighted by atomic mass is 10.2. The minimum atomic E-state index is -0.923. The van der Waals surface area contributed by atoms with E-state index in [1.807, 2.05) is 19.1 Å². The topological polar surface area (TPSA) is 47.2 Å². The van der Waals surface area contributed by atoms with E-state index in [1.54, 1.807) is 28.8 Å². The van der Waals surface area contributed by atoms with Crippen LogP contribution in [0.15, 0.2) is 65.3 Å². The van der Waals surface area contributed by atoms with E-state index in [0.29, 0.717) is 22.5 Å². The number of hydrogen-bond donors (Lipinski definition) is 1. The molecule has 0 atom stereocenters. The van der Waals surface area contributed by atoms with E-state index in [0.717, 1.165) is 11.6 Å². The number of fused-ring (bicyclic) bond motifs is 1. The van der Waals surface area contributed by atoms with Crippen LogP contribution in [0.25, 0.3) is 11.1 Å². The lowest BCUT2D eigenvalue weighted by molar-refractivity contribution is 0.101. The van der Waals surface area contributed by atoms with Crippen LogP contribution in [0, 0.1) is 18.6 Å². The Morgan fingerprint density at radius 1 is 1.11 bits per heavy atom. The van der Waals surface area contributed by atoms with E-state index < -0.39 is 11.6 Å². The molecule has 0 saturated heterocycles. The normalized spacial score (nSPS) is 11.1. The second-order valence-corrected chi connectivity index (χ2v) is 6.32. The van der Waals surface area contributed by atoms with Gasteiger partial charge in [-0.1, -0.05) is 29.8 Å². The minimum absolute atomic E-state index is 0.00325. The Morgan fingerprint density at radius 3 is 2.67 bits per heavy atom. The first-order valence-electron chi connectivity index (χ1n) is 8.40. The maximum absolute atomic E-state index is 14.1. The van der Waals surface area contributed by atoms with Crippen LogP contribution in [0.2, 0.25) is 0 Å². The maximum atomic E-state index is 14.1. The third-order valence-corrected chi connectivity index (χ3v) is 4.42. The lowest BCUT2D eigenvalue weighted by Gasteiger charge is -2.12. The number of nitrogens with zero attached hydrogens (tertiary/aromatic N) is 1. The van der Waals surface area contributed by atoms with E-state index in [2.05, 4.69) is 5.32 Å². The molecule has 4 nitrogen and oxygen atoms in total. The fourth-order valence-corrected chi connectivity index (χ4v) is 3.01. The fraction of sp³-hybridized carbons (Fsp3) is 0.0952. The number of aryl methyl sites for hydroxylation is 1. The summed E-state index contributed by atoms with van der Waals surface area (Å²) in [6, 6.07) is 14.7. The number of furan rings is 1. The highest BCUT2D eigenvalue weighted by Gasteiger charge is 2.19. The first-order chi connectivity index (χ1) is 13.0. The number of carbonyl (C=O) groups excluding carboxylic acids is 1. The third kappa shape index (κ3) is 3.21. The highest BCUT2D eigenvalue weighted by atomic mass is 19.2. The molecule has 1 N–H and O–H groups in total. The largest absolute Gasteiger partial charge is 0.463 e. The highest BCUT2D eigenvalue weighted by molar-refractivity contribution is 6.05. The molecule has 2 heterocycles. The van der Waals surface area contributed by atoms with Gasteiger partial charge in [0, 0.05) is 23.4 Å². The Kier molecular flexibility index (Phi) is 4.24. The first-order valence-corrected chi connectivity index (χ1v) is 8.40. The molecule has 0 unspecified atom stereocenters. The molecule has 136 valence electrons. The number of amides is 1. The van der Waals surface area contributed by atoms with Crippen LogP contribution in [-0.2, 0) is 6.54 Å². The van der Waals surface area contributed by atoms with Crippen LogP contribution in [0.1, 0.15) is 21.6 Å². The van der Waals surface area contributed by atoms with Gasteiger partial charge in [0.15, 0.2) is 17.2 Å². The lowest BCUT2D eigenvalue weighted by Crippen LogP contribution is -2.18. The monoisotopic (exact) mass is 366 g/mol. The number of rotatable bonds is 4. The average Bonchev–Trinajstić information content (AvgIpc) is 3.23. The predicted molar refractivity (Wildman–Crippen MR) is 98.8 cm³/mol. The fourth-order valence-electron chi connectivity index (χ4n) is 3.01. The van der Waals surface area contributed by atoms with E-state index in [9.17, 15) is 13.6 Å². The molecule has 2 aromatic heterocycles. The van der Waals surface area contributed by atoms with E-state index in [1.165, 1.54) is 18.4 Å². The van der Waals surface area contributed by atoms with Gasteiger partial charge >= 0.3 is 0 Å². The number of benzene rings is 2. The summed E-state index contributed by atoms with van der Waals surface area (Å²) in [5.41, 5.74) is 3.31. The Labute approximate surface area is 154 Å². The van der Waals surface area contributed by atoms with Crippen molar-refractivity contribution in [3.63, 3.8) is 0 Å². The Balaban J connectivity index is 1.71. The molecule has 1 amide bonds. The first kappa shape index (κ1) is 17.0. The number of carbonyl (C=O) groups is 1. The molecule has 0 aliphatic carbocycles. The van der Waals surface area contributed by atoms with Gasteiger partial charge in [0.05, 0.1) is 18.3 Å². The Bertz CT molecular complexity index is 1130. The molecule has 0 aliphatic heterocycles. The van der Waals surface area contributed by atoms with Crippen molar-refractivity contribution >= 4 is 22.7 Å². The number of halogens is 2. The van der Waals surface area contributed by atoms with Gasteiger partial charge in [-0.25, -0.2) is 8.78 Å². The van der Waals surface area contributed by atoms with Crippen molar-refractivity contribution in [2.45, 2.75) is 13.5 Å². The summed E-state index contributed by atoms with van der Waals surface area (Å²) in [7, 11) is 0. The Morgan fingerprint density at radius 2 is 1.89 bits per heavy atom. The molecule has 2 aromatic carbocycles. The predicted octanol–water partition coefficient (Wildman–Crippen LogP) is 5.12. The molecule has 0 radical (unpaired) electrons. The summed E-state index contributed by atoms with van der Waals surface area (Å²) in [6.07, 6.45) is 1.49. The van der Waals surface area contributed by atoms with Gasteiger partial charge in [0.1, 0.15) is 5.69 Å². The second-order valence-electron chi connectivity index (χ2n) is 6.32. The second kappa shape index (κ2) is 6.72. The van der Waals surface area contributed by atoms with Crippen molar-refractivity contribution in [2.75, 3.05) is 5.32 Å².